The summed E-state index contributed by atoms with van der Waals surface area (Å²) in [5.74, 6) is 1.31. The standard InChI is InChI=1S/C16H14O3S/c1-11-2-4-13(20-11)5-6-14(17)12-3-7-15-16(10-12)19-9-8-18-15/h2-7,10H,8-9H2,1H3. The maximum absolute atomic E-state index is 12.1. The zero-order valence-electron chi connectivity index (χ0n) is 11.1. The molecule has 0 atom stereocenters. The van der Waals surface area contributed by atoms with Crippen molar-refractivity contribution >= 4 is 23.2 Å². The Kier molecular flexibility index (Phi) is 3.56. The molecule has 0 N–H and O–H groups in total. The molecule has 2 aromatic rings. The number of hydrogen-bond acceptors (Lipinski definition) is 4. The van der Waals surface area contributed by atoms with Gasteiger partial charge in [-0.1, -0.05) is 0 Å². The third-order valence-corrected chi connectivity index (χ3v) is 3.95. The number of rotatable bonds is 3. The number of carbonyl (C=O) groups is 1. The lowest BCUT2D eigenvalue weighted by Gasteiger charge is -2.18. The Balaban J connectivity index is 1.78. The minimum atomic E-state index is -0.0342. The van der Waals surface area contributed by atoms with Crippen LogP contribution in [-0.4, -0.2) is 19.0 Å². The second-order valence-corrected chi connectivity index (χ2v) is 5.82. The van der Waals surface area contributed by atoms with Crippen molar-refractivity contribution in [1.29, 1.82) is 0 Å². The highest BCUT2D eigenvalue weighted by Gasteiger charge is 2.13. The maximum Gasteiger partial charge on any atom is 0.186 e. The van der Waals surface area contributed by atoms with Crippen LogP contribution in [0.3, 0.4) is 0 Å². The van der Waals surface area contributed by atoms with E-state index in [4.69, 9.17) is 9.47 Å². The number of aryl methyl sites for hydroxylation is 1. The Labute approximate surface area is 121 Å². The van der Waals surface area contributed by atoms with Crippen molar-refractivity contribution in [1.82, 2.24) is 0 Å². The van der Waals surface area contributed by atoms with E-state index in [1.807, 2.05) is 25.1 Å². The Morgan fingerprint density at radius 3 is 2.70 bits per heavy atom. The van der Waals surface area contributed by atoms with E-state index in [9.17, 15) is 4.79 Å². The van der Waals surface area contributed by atoms with Crippen LogP contribution in [0.25, 0.3) is 6.08 Å². The van der Waals surface area contributed by atoms with E-state index in [0.29, 0.717) is 30.3 Å². The molecule has 0 saturated carbocycles. The fourth-order valence-electron chi connectivity index (χ4n) is 1.99. The van der Waals surface area contributed by atoms with E-state index < -0.39 is 0 Å². The van der Waals surface area contributed by atoms with Gasteiger partial charge in [-0.2, -0.15) is 0 Å². The Morgan fingerprint density at radius 2 is 1.95 bits per heavy atom. The Morgan fingerprint density at radius 1 is 1.15 bits per heavy atom. The Hall–Kier alpha value is -2.07. The second-order valence-electron chi connectivity index (χ2n) is 4.50. The third kappa shape index (κ3) is 2.75. The molecule has 20 heavy (non-hydrogen) atoms. The predicted octanol–water partition coefficient (Wildman–Crippen LogP) is 3.72. The van der Waals surface area contributed by atoms with Crippen LogP contribution >= 0.6 is 11.3 Å². The zero-order valence-corrected chi connectivity index (χ0v) is 11.9. The van der Waals surface area contributed by atoms with Crippen LogP contribution in [0.5, 0.6) is 11.5 Å². The summed E-state index contributed by atoms with van der Waals surface area (Å²) in [4.78, 5) is 14.4. The molecule has 2 heterocycles. The predicted molar refractivity (Wildman–Crippen MR) is 79.9 cm³/mol. The average molecular weight is 286 g/mol. The van der Waals surface area contributed by atoms with Gasteiger partial charge in [-0.3, -0.25) is 4.79 Å². The smallest absolute Gasteiger partial charge is 0.186 e. The minimum absolute atomic E-state index is 0.0342. The van der Waals surface area contributed by atoms with Crippen molar-refractivity contribution in [2.75, 3.05) is 13.2 Å². The molecule has 0 fully saturated rings. The summed E-state index contributed by atoms with van der Waals surface area (Å²) >= 11 is 1.66. The van der Waals surface area contributed by atoms with Crippen molar-refractivity contribution < 1.29 is 14.3 Å². The molecule has 0 unspecified atom stereocenters. The number of thiophene rings is 1. The van der Waals surface area contributed by atoms with Crippen molar-refractivity contribution in [2.24, 2.45) is 0 Å². The minimum Gasteiger partial charge on any atom is -0.486 e. The first-order valence-electron chi connectivity index (χ1n) is 6.41. The number of fused-ring (bicyclic) bond motifs is 1. The van der Waals surface area contributed by atoms with Crippen LogP contribution in [-0.2, 0) is 0 Å². The molecule has 1 aliphatic rings. The van der Waals surface area contributed by atoms with Gasteiger partial charge < -0.3 is 9.47 Å². The number of ether oxygens (including phenoxy) is 2. The highest BCUT2D eigenvalue weighted by atomic mass is 32.1. The van der Waals surface area contributed by atoms with E-state index in [1.165, 1.54) is 4.88 Å². The molecule has 102 valence electrons. The highest BCUT2D eigenvalue weighted by Crippen LogP contribution is 2.31. The van der Waals surface area contributed by atoms with Crippen LogP contribution in [0.4, 0.5) is 0 Å². The lowest BCUT2D eigenvalue weighted by atomic mass is 10.1. The topological polar surface area (TPSA) is 35.5 Å². The van der Waals surface area contributed by atoms with Gasteiger partial charge in [0, 0.05) is 15.3 Å². The van der Waals surface area contributed by atoms with Gasteiger partial charge in [0.15, 0.2) is 17.3 Å². The summed E-state index contributed by atoms with van der Waals surface area (Å²) < 4.78 is 10.9. The lowest BCUT2D eigenvalue weighted by Crippen LogP contribution is -2.15. The van der Waals surface area contributed by atoms with Gasteiger partial charge in [-0.15, -0.1) is 11.3 Å². The monoisotopic (exact) mass is 286 g/mol. The molecule has 1 aromatic carbocycles. The van der Waals surface area contributed by atoms with Gasteiger partial charge in [-0.25, -0.2) is 0 Å². The van der Waals surface area contributed by atoms with Crippen LogP contribution in [0.2, 0.25) is 0 Å². The molecule has 4 heteroatoms. The first-order valence-corrected chi connectivity index (χ1v) is 7.22. The first-order chi connectivity index (χ1) is 9.72. The summed E-state index contributed by atoms with van der Waals surface area (Å²) in [6.07, 6.45) is 3.44. The fourth-order valence-corrected chi connectivity index (χ4v) is 2.77. The summed E-state index contributed by atoms with van der Waals surface area (Å²) in [5, 5.41) is 0. The molecule has 1 aromatic heterocycles. The fraction of sp³-hybridized carbons (Fsp3) is 0.188. The Bertz CT molecular complexity index is 670. The number of ketones is 1. The number of allylic oxidation sites excluding steroid dienone is 1. The molecule has 3 nitrogen and oxygen atoms in total. The molecule has 0 amide bonds. The zero-order chi connectivity index (χ0) is 13.9. The molecular formula is C16H14O3S. The van der Waals surface area contributed by atoms with Gasteiger partial charge in [-0.05, 0) is 49.4 Å². The summed E-state index contributed by atoms with van der Waals surface area (Å²) in [7, 11) is 0. The molecule has 0 spiro atoms. The van der Waals surface area contributed by atoms with Crippen LogP contribution in [0, 0.1) is 6.92 Å². The van der Waals surface area contributed by atoms with Gasteiger partial charge in [0.1, 0.15) is 13.2 Å². The highest BCUT2D eigenvalue weighted by molar-refractivity contribution is 7.12. The molecule has 1 aliphatic heterocycles. The van der Waals surface area contributed by atoms with Gasteiger partial charge in [0.2, 0.25) is 0 Å². The maximum atomic E-state index is 12.1. The molecule has 0 saturated heterocycles. The SMILES string of the molecule is Cc1ccc(C=CC(=O)c2ccc3c(c2)OCCO3)s1. The van der Waals surface area contributed by atoms with Crippen molar-refractivity contribution in [3.63, 3.8) is 0 Å². The number of carbonyl (C=O) groups excluding carboxylic acids is 1. The van der Waals surface area contributed by atoms with Crippen molar-refractivity contribution in [2.45, 2.75) is 6.92 Å². The summed E-state index contributed by atoms with van der Waals surface area (Å²) in [6, 6.07) is 9.33. The van der Waals surface area contributed by atoms with E-state index >= 15 is 0 Å². The second kappa shape index (κ2) is 5.51. The largest absolute Gasteiger partial charge is 0.486 e. The quantitative estimate of drug-likeness (QED) is 0.637. The van der Waals surface area contributed by atoms with Crippen molar-refractivity contribution in [3.05, 3.63) is 51.7 Å². The van der Waals surface area contributed by atoms with E-state index in [2.05, 4.69) is 0 Å². The number of benzene rings is 1. The third-order valence-electron chi connectivity index (χ3n) is 2.99. The van der Waals surface area contributed by atoms with Crippen LogP contribution in [0.1, 0.15) is 20.1 Å². The molecule has 3 rings (SSSR count). The van der Waals surface area contributed by atoms with E-state index in [1.54, 1.807) is 35.6 Å². The van der Waals surface area contributed by atoms with Gasteiger partial charge in [0.25, 0.3) is 0 Å². The molecule has 0 aliphatic carbocycles. The summed E-state index contributed by atoms with van der Waals surface area (Å²) in [5.41, 5.74) is 0.610. The average Bonchev–Trinajstić information content (AvgIpc) is 2.90. The number of hydrogen-bond donors (Lipinski definition) is 0. The molecule has 0 radical (unpaired) electrons. The molecule has 0 bridgehead atoms. The van der Waals surface area contributed by atoms with Gasteiger partial charge >= 0.3 is 0 Å². The van der Waals surface area contributed by atoms with Crippen molar-refractivity contribution in [3.8, 4) is 11.5 Å². The van der Waals surface area contributed by atoms with E-state index in [-0.39, 0.29) is 5.78 Å². The van der Waals surface area contributed by atoms with E-state index in [0.717, 1.165) is 4.88 Å². The van der Waals surface area contributed by atoms with Crippen LogP contribution in [0.15, 0.2) is 36.4 Å². The molecular weight excluding hydrogens is 272 g/mol. The normalized spacial score (nSPS) is 13.7. The lowest BCUT2D eigenvalue weighted by molar-refractivity contribution is 0.104. The first kappa shape index (κ1) is 12.9. The van der Waals surface area contributed by atoms with Gasteiger partial charge in [0.05, 0.1) is 0 Å². The van der Waals surface area contributed by atoms with Crippen LogP contribution < -0.4 is 9.47 Å². The summed E-state index contributed by atoms with van der Waals surface area (Å²) in [6.45, 7) is 3.12.